The van der Waals surface area contributed by atoms with Crippen LogP contribution in [0.15, 0.2) is 24.3 Å². The van der Waals surface area contributed by atoms with Gasteiger partial charge in [0.1, 0.15) is 11.6 Å². The molecular formula is C19H21N5O. The van der Waals surface area contributed by atoms with E-state index in [2.05, 4.69) is 44.7 Å². The SMILES string of the molecule is CC(C(=O)Nc1n[nH]c(C2CC2)c1C#N)N1CCc2ccccc2C1. The molecule has 128 valence electrons. The number of carbonyl (C=O) groups is 1. The first-order valence-corrected chi connectivity index (χ1v) is 8.77. The molecule has 6 heteroatoms. The van der Waals surface area contributed by atoms with E-state index < -0.39 is 0 Å². The minimum atomic E-state index is -0.277. The van der Waals surface area contributed by atoms with Gasteiger partial charge >= 0.3 is 0 Å². The number of aromatic nitrogens is 2. The summed E-state index contributed by atoms with van der Waals surface area (Å²) < 4.78 is 0. The Morgan fingerprint density at radius 2 is 2.16 bits per heavy atom. The molecule has 2 aliphatic rings. The lowest BCUT2D eigenvalue weighted by molar-refractivity contribution is -0.121. The second-order valence-electron chi connectivity index (χ2n) is 6.90. The van der Waals surface area contributed by atoms with Gasteiger partial charge in [0.15, 0.2) is 5.82 Å². The van der Waals surface area contributed by atoms with Gasteiger partial charge in [0, 0.05) is 19.0 Å². The minimum absolute atomic E-state index is 0.121. The third kappa shape index (κ3) is 3.03. The van der Waals surface area contributed by atoms with Crippen molar-refractivity contribution in [1.82, 2.24) is 15.1 Å². The van der Waals surface area contributed by atoms with Gasteiger partial charge in [-0.05, 0) is 37.3 Å². The van der Waals surface area contributed by atoms with Crippen LogP contribution in [-0.2, 0) is 17.8 Å². The van der Waals surface area contributed by atoms with Crippen molar-refractivity contribution in [1.29, 1.82) is 5.26 Å². The molecule has 0 bridgehead atoms. The van der Waals surface area contributed by atoms with Crippen molar-refractivity contribution in [3.05, 3.63) is 46.6 Å². The Balaban J connectivity index is 1.46. The van der Waals surface area contributed by atoms with Gasteiger partial charge < -0.3 is 5.32 Å². The topological polar surface area (TPSA) is 84.8 Å². The Morgan fingerprint density at radius 1 is 1.40 bits per heavy atom. The number of aromatic amines is 1. The van der Waals surface area contributed by atoms with Crippen molar-refractivity contribution in [2.75, 3.05) is 11.9 Å². The number of carbonyl (C=O) groups excluding carboxylic acids is 1. The number of amides is 1. The number of nitrogens with one attached hydrogen (secondary N) is 2. The number of hydrogen-bond acceptors (Lipinski definition) is 4. The molecule has 1 amide bonds. The molecule has 1 unspecified atom stereocenters. The molecular weight excluding hydrogens is 314 g/mol. The van der Waals surface area contributed by atoms with Crippen molar-refractivity contribution in [2.45, 2.75) is 44.7 Å². The predicted octanol–water partition coefficient (Wildman–Crippen LogP) is 2.54. The van der Waals surface area contributed by atoms with Gasteiger partial charge in [-0.15, -0.1) is 0 Å². The molecule has 2 heterocycles. The van der Waals surface area contributed by atoms with E-state index in [4.69, 9.17) is 0 Å². The molecule has 1 aliphatic heterocycles. The maximum Gasteiger partial charge on any atom is 0.242 e. The molecule has 2 N–H and O–H groups in total. The van der Waals surface area contributed by atoms with E-state index in [1.165, 1.54) is 11.1 Å². The first-order chi connectivity index (χ1) is 12.2. The summed E-state index contributed by atoms with van der Waals surface area (Å²) in [4.78, 5) is 14.8. The van der Waals surface area contributed by atoms with Crippen molar-refractivity contribution in [3.63, 3.8) is 0 Å². The number of anilines is 1. The van der Waals surface area contributed by atoms with Crippen LogP contribution >= 0.6 is 0 Å². The molecule has 1 aliphatic carbocycles. The smallest absolute Gasteiger partial charge is 0.242 e. The maximum atomic E-state index is 12.7. The van der Waals surface area contributed by atoms with Crippen LogP contribution in [0.4, 0.5) is 5.82 Å². The van der Waals surface area contributed by atoms with E-state index in [0.29, 0.717) is 17.3 Å². The lowest BCUT2D eigenvalue weighted by atomic mass is 9.99. The fraction of sp³-hybridized carbons (Fsp3) is 0.421. The zero-order valence-corrected chi connectivity index (χ0v) is 14.2. The number of nitrogens with zero attached hydrogens (tertiary/aromatic N) is 3. The Kier molecular flexibility index (Phi) is 4.02. The average molecular weight is 335 g/mol. The molecule has 0 saturated heterocycles. The summed E-state index contributed by atoms with van der Waals surface area (Å²) in [6.45, 7) is 3.53. The molecule has 4 rings (SSSR count). The summed E-state index contributed by atoms with van der Waals surface area (Å²) in [5, 5.41) is 19.3. The van der Waals surface area contributed by atoms with E-state index in [-0.39, 0.29) is 11.9 Å². The molecule has 1 saturated carbocycles. The Hall–Kier alpha value is -2.65. The second kappa shape index (κ2) is 6.34. The van der Waals surface area contributed by atoms with E-state index in [0.717, 1.165) is 38.0 Å². The number of benzene rings is 1. The van der Waals surface area contributed by atoms with Crippen molar-refractivity contribution < 1.29 is 4.79 Å². The largest absolute Gasteiger partial charge is 0.307 e. The first kappa shape index (κ1) is 15.9. The van der Waals surface area contributed by atoms with Crippen LogP contribution < -0.4 is 5.32 Å². The van der Waals surface area contributed by atoms with E-state index in [9.17, 15) is 10.1 Å². The lowest BCUT2D eigenvalue weighted by Crippen LogP contribution is -2.44. The van der Waals surface area contributed by atoms with Gasteiger partial charge in [-0.1, -0.05) is 24.3 Å². The third-order valence-electron chi connectivity index (χ3n) is 5.22. The van der Waals surface area contributed by atoms with Gasteiger partial charge in [-0.2, -0.15) is 10.4 Å². The fourth-order valence-corrected chi connectivity index (χ4v) is 3.46. The van der Waals surface area contributed by atoms with Crippen LogP contribution in [0.25, 0.3) is 0 Å². The highest BCUT2D eigenvalue weighted by molar-refractivity contribution is 5.95. The third-order valence-corrected chi connectivity index (χ3v) is 5.22. The summed E-state index contributed by atoms with van der Waals surface area (Å²) in [5.41, 5.74) is 3.98. The van der Waals surface area contributed by atoms with E-state index >= 15 is 0 Å². The number of nitriles is 1. The molecule has 2 aromatic rings. The minimum Gasteiger partial charge on any atom is -0.307 e. The Morgan fingerprint density at radius 3 is 2.88 bits per heavy atom. The number of hydrogen-bond donors (Lipinski definition) is 2. The Bertz CT molecular complexity index is 846. The highest BCUT2D eigenvalue weighted by atomic mass is 16.2. The molecule has 6 nitrogen and oxygen atoms in total. The Labute approximate surface area is 146 Å². The van der Waals surface area contributed by atoms with Crippen molar-refractivity contribution in [2.24, 2.45) is 0 Å². The quantitative estimate of drug-likeness (QED) is 0.899. The monoisotopic (exact) mass is 335 g/mol. The fourth-order valence-electron chi connectivity index (χ4n) is 3.46. The first-order valence-electron chi connectivity index (χ1n) is 8.77. The number of H-pyrrole nitrogens is 1. The molecule has 25 heavy (non-hydrogen) atoms. The zero-order valence-electron chi connectivity index (χ0n) is 14.2. The number of rotatable bonds is 4. The molecule has 1 atom stereocenters. The molecule has 0 radical (unpaired) electrons. The summed E-state index contributed by atoms with van der Waals surface area (Å²) in [7, 11) is 0. The summed E-state index contributed by atoms with van der Waals surface area (Å²) in [5.74, 6) is 0.632. The standard InChI is InChI=1S/C19H21N5O/c1-12(24-9-8-13-4-2-3-5-15(13)11-24)19(25)21-18-16(10-20)17(22-23-18)14-6-7-14/h2-5,12,14H,6-9,11H2,1H3,(H2,21,22,23,25). The van der Waals surface area contributed by atoms with Crippen LogP contribution in [0, 0.1) is 11.3 Å². The van der Waals surface area contributed by atoms with E-state index in [1.807, 2.05) is 13.0 Å². The van der Waals surface area contributed by atoms with E-state index in [1.54, 1.807) is 0 Å². The van der Waals surface area contributed by atoms with Crippen LogP contribution in [0.3, 0.4) is 0 Å². The highest BCUT2D eigenvalue weighted by Crippen LogP contribution is 2.41. The van der Waals surface area contributed by atoms with Crippen LogP contribution in [0.1, 0.15) is 48.1 Å². The molecule has 1 aromatic carbocycles. The predicted molar refractivity (Wildman–Crippen MR) is 93.9 cm³/mol. The van der Waals surface area contributed by atoms with Crippen LogP contribution in [0.2, 0.25) is 0 Å². The zero-order chi connectivity index (χ0) is 17.4. The van der Waals surface area contributed by atoms with Gasteiger partial charge in [-0.3, -0.25) is 14.8 Å². The summed E-state index contributed by atoms with van der Waals surface area (Å²) in [6, 6.07) is 10.3. The van der Waals surface area contributed by atoms with Gasteiger partial charge in [0.2, 0.25) is 5.91 Å². The second-order valence-corrected chi connectivity index (χ2v) is 6.90. The van der Waals surface area contributed by atoms with Crippen molar-refractivity contribution >= 4 is 11.7 Å². The summed E-state index contributed by atoms with van der Waals surface area (Å²) >= 11 is 0. The van der Waals surface area contributed by atoms with Gasteiger partial charge in [-0.25, -0.2) is 0 Å². The highest BCUT2D eigenvalue weighted by Gasteiger charge is 2.31. The normalized spacial score (nSPS) is 18.2. The van der Waals surface area contributed by atoms with Gasteiger partial charge in [0.25, 0.3) is 0 Å². The number of fused-ring (bicyclic) bond motifs is 1. The molecule has 1 fully saturated rings. The molecule has 0 spiro atoms. The van der Waals surface area contributed by atoms with Crippen LogP contribution in [0.5, 0.6) is 0 Å². The average Bonchev–Trinajstić information content (AvgIpc) is 3.41. The van der Waals surface area contributed by atoms with Gasteiger partial charge in [0.05, 0.1) is 11.7 Å². The lowest BCUT2D eigenvalue weighted by Gasteiger charge is -2.32. The van der Waals surface area contributed by atoms with Crippen molar-refractivity contribution in [3.8, 4) is 6.07 Å². The van der Waals surface area contributed by atoms with Crippen LogP contribution in [-0.4, -0.2) is 33.6 Å². The molecule has 1 aromatic heterocycles. The maximum absolute atomic E-state index is 12.7. The summed E-state index contributed by atoms with van der Waals surface area (Å²) in [6.07, 6.45) is 3.10.